The van der Waals surface area contributed by atoms with Crippen LogP contribution in [0.25, 0.3) is 27.6 Å². The zero-order chi connectivity index (χ0) is 21.2. The molecular formula is C21H15F3IrN3O2-. The molecule has 0 saturated heterocycles. The SMILES string of the molecule is C=C(O)c1ccccn1.Cn1c(=O)c2cc(C(F)(F)F)c[c-]c2c2ncccc21.[Ir]. The van der Waals surface area contributed by atoms with Gasteiger partial charge >= 0.3 is 6.18 Å². The van der Waals surface area contributed by atoms with Crippen LogP contribution in [0.5, 0.6) is 0 Å². The van der Waals surface area contributed by atoms with E-state index in [1.807, 2.05) is 0 Å². The van der Waals surface area contributed by atoms with E-state index in [2.05, 4.69) is 22.6 Å². The molecule has 0 fully saturated rings. The van der Waals surface area contributed by atoms with Crippen LogP contribution >= 0.6 is 0 Å². The quantitative estimate of drug-likeness (QED) is 0.201. The van der Waals surface area contributed by atoms with Crippen LogP contribution in [0.4, 0.5) is 13.2 Å². The van der Waals surface area contributed by atoms with E-state index in [1.165, 1.54) is 17.8 Å². The number of hydrogen-bond acceptors (Lipinski definition) is 4. The summed E-state index contributed by atoms with van der Waals surface area (Å²) < 4.78 is 39.4. The van der Waals surface area contributed by atoms with Crippen molar-refractivity contribution in [2.75, 3.05) is 0 Å². The standard InChI is InChI=1S/C14H8F3N2O.C7H7NO.Ir/c1-19-11-3-2-6-18-12(11)9-5-4-8(14(15,16)17)7-10(9)13(19)20;1-6(9)7-4-2-3-5-8-7;/h2-4,6-7H,1H3;2-5,9H,1H2;/q-1;;. The van der Waals surface area contributed by atoms with Gasteiger partial charge in [-0.25, -0.2) is 0 Å². The van der Waals surface area contributed by atoms with Crippen molar-refractivity contribution < 1.29 is 38.4 Å². The van der Waals surface area contributed by atoms with Gasteiger partial charge in [0.1, 0.15) is 11.5 Å². The molecule has 1 aromatic carbocycles. The zero-order valence-corrected chi connectivity index (χ0v) is 18.0. The van der Waals surface area contributed by atoms with E-state index in [9.17, 15) is 18.0 Å². The molecule has 0 atom stereocenters. The molecule has 1 N–H and O–H groups in total. The first-order valence-corrected chi connectivity index (χ1v) is 8.35. The summed E-state index contributed by atoms with van der Waals surface area (Å²) in [6, 6.07) is 12.9. The van der Waals surface area contributed by atoms with Crippen molar-refractivity contribution in [1.82, 2.24) is 14.5 Å². The van der Waals surface area contributed by atoms with Crippen LogP contribution in [0, 0.1) is 6.07 Å². The van der Waals surface area contributed by atoms with Crippen LogP contribution < -0.4 is 5.56 Å². The summed E-state index contributed by atoms with van der Waals surface area (Å²) >= 11 is 0. The number of rotatable bonds is 1. The van der Waals surface area contributed by atoms with Gasteiger partial charge in [0.2, 0.25) is 5.56 Å². The Morgan fingerprint density at radius 2 is 1.87 bits per heavy atom. The third-order valence-electron chi connectivity index (χ3n) is 4.15. The predicted molar refractivity (Wildman–Crippen MR) is 104 cm³/mol. The maximum absolute atomic E-state index is 12.7. The molecule has 5 nitrogen and oxygen atoms in total. The molecule has 3 aromatic heterocycles. The molecule has 1 radical (unpaired) electrons. The Morgan fingerprint density at radius 3 is 2.43 bits per heavy atom. The summed E-state index contributed by atoms with van der Waals surface area (Å²) in [6.07, 6.45) is -1.37. The Labute approximate surface area is 182 Å². The van der Waals surface area contributed by atoms with Crippen molar-refractivity contribution in [2.24, 2.45) is 7.05 Å². The molecule has 4 rings (SSSR count). The number of benzene rings is 1. The van der Waals surface area contributed by atoms with Gasteiger partial charge < -0.3 is 14.7 Å². The zero-order valence-electron chi connectivity index (χ0n) is 15.6. The van der Waals surface area contributed by atoms with Crippen molar-refractivity contribution >= 4 is 27.6 Å². The molecule has 0 amide bonds. The third kappa shape index (κ3) is 4.75. The van der Waals surface area contributed by atoms with Crippen molar-refractivity contribution in [3.05, 3.63) is 89.1 Å². The molecule has 0 aliphatic heterocycles. The Kier molecular flexibility index (Phi) is 7.12. The summed E-state index contributed by atoms with van der Waals surface area (Å²) in [5.74, 6) is 0.00981. The van der Waals surface area contributed by atoms with Crippen LogP contribution in [-0.2, 0) is 33.3 Å². The van der Waals surface area contributed by atoms with Crippen LogP contribution in [0.3, 0.4) is 0 Å². The van der Waals surface area contributed by atoms with E-state index in [0.717, 1.165) is 12.1 Å². The second kappa shape index (κ2) is 9.19. The number of aromatic nitrogens is 3. The van der Waals surface area contributed by atoms with Gasteiger partial charge in [-0.05, 0) is 35.2 Å². The van der Waals surface area contributed by atoms with Gasteiger partial charge in [0.25, 0.3) is 0 Å². The minimum absolute atomic E-state index is 0. The molecule has 0 aliphatic rings. The molecular weight excluding hydrogens is 575 g/mol. The number of aliphatic hydroxyl groups is 1. The van der Waals surface area contributed by atoms with Crippen LogP contribution in [0.1, 0.15) is 11.3 Å². The largest absolute Gasteiger partial charge is 0.506 e. The third-order valence-corrected chi connectivity index (χ3v) is 4.15. The summed E-state index contributed by atoms with van der Waals surface area (Å²) in [6.45, 7) is 3.32. The van der Waals surface area contributed by atoms with Gasteiger partial charge in [-0.2, -0.15) is 13.2 Å². The molecule has 157 valence electrons. The Hall–Kier alpha value is -3.03. The van der Waals surface area contributed by atoms with Crippen molar-refractivity contribution in [1.29, 1.82) is 0 Å². The fourth-order valence-electron chi connectivity index (χ4n) is 2.71. The van der Waals surface area contributed by atoms with E-state index in [1.54, 1.807) is 36.5 Å². The fraction of sp³-hybridized carbons (Fsp3) is 0.0952. The number of aryl methyl sites for hydroxylation is 1. The summed E-state index contributed by atoms with van der Waals surface area (Å²) in [7, 11) is 1.51. The van der Waals surface area contributed by atoms with Crippen LogP contribution in [0.15, 0.2) is 66.2 Å². The second-order valence-corrected chi connectivity index (χ2v) is 6.07. The van der Waals surface area contributed by atoms with Gasteiger partial charge in [-0.15, -0.1) is 23.6 Å². The van der Waals surface area contributed by atoms with Gasteiger partial charge in [0.15, 0.2) is 0 Å². The molecule has 0 aliphatic carbocycles. The molecule has 0 bridgehead atoms. The maximum Gasteiger partial charge on any atom is 0.381 e. The predicted octanol–water partition coefficient (Wildman–Crippen LogP) is 4.51. The average Bonchev–Trinajstić information content (AvgIpc) is 2.72. The number of pyridine rings is 3. The Bertz CT molecular complexity index is 1260. The number of hydrogen-bond donors (Lipinski definition) is 1. The molecule has 4 aromatic rings. The fourth-order valence-corrected chi connectivity index (χ4v) is 2.71. The van der Waals surface area contributed by atoms with Gasteiger partial charge in [-0.3, -0.25) is 9.78 Å². The average molecular weight is 591 g/mol. The minimum atomic E-state index is -4.51. The first kappa shape index (κ1) is 23.3. The smallest absolute Gasteiger partial charge is 0.381 e. The molecule has 0 unspecified atom stereocenters. The topological polar surface area (TPSA) is 68.0 Å². The van der Waals surface area contributed by atoms with E-state index in [4.69, 9.17) is 5.11 Å². The van der Waals surface area contributed by atoms with E-state index >= 15 is 0 Å². The Balaban J connectivity index is 0.000000272. The number of nitrogens with zero attached hydrogens (tertiary/aromatic N) is 3. The first-order valence-electron chi connectivity index (χ1n) is 8.35. The molecule has 3 heterocycles. The molecule has 0 spiro atoms. The van der Waals surface area contributed by atoms with E-state index in [-0.39, 0.29) is 31.3 Å². The number of halogens is 3. The normalized spacial score (nSPS) is 10.8. The van der Waals surface area contributed by atoms with Crippen LogP contribution in [0.2, 0.25) is 0 Å². The monoisotopic (exact) mass is 591 g/mol. The van der Waals surface area contributed by atoms with Gasteiger partial charge in [-0.1, -0.05) is 12.6 Å². The second-order valence-electron chi connectivity index (χ2n) is 6.07. The van der Waals surface area contributed by atoms with Crippen molar-refractivity contribution in [2.45, 2.75) is 6.18 Å². The summed E-state index contributed by atoms with van der Waals surface area (Å²) in [4.78, 5) is 20.1. The van der Waals surface area contributed by atoms with Gasteiger partial charge in [0, 0.05) is 50.6 Å². The summed E-state index contributed by atoms with van der Waals surface area (Å²) in [5.41, 5.74) is 0.150. The summed E-state index contributed by atoms with van der Waals surface area (Å²) in [5, 5.41) is 9.04. The number of aliphatic hydroxyl groups excluding tert-OH is 1. The number of fused-ring (bicyclic) bond motifs is 3. The molecule has 0 saturated carbocycles. The van der Waals surface area contributed by atoms with Crippen molar-refractivity contribution in [3.63, 3.8) is 0 Å². The molecule has 9 heteroatoms. The van der Waals surface area contributed by atoms with Crippen LogP contribution in [-0.4, -0.2) is 19.6 Å². The van der Waals surface area contributed by atoms with Gasteiger partial charge in [0.05, 0.1) is 0 Å². The first-order chi connectivity index (χ1) is 13.7. The molecule has 30 heavy (non-hydrogen) atoms. The maximum atomic E-state index is 12.7. The van der Waals surface area contributed by atoms with E-state index in [0.29, 0.717) is 22.1 Å². The minimum Gasteiger partial charge on any atom is -0.506 e. The Morgan fingerprint density at radius 1 is 1.17 bits per heavy atom. The number of alkyl halides is 3. The van der Waals surface area contributed by atoms with Crippen molar-refractivity contribution in [3.8, 4) is 0 Å². The van der Waals surface area contributed by atoms with E-state index < -0.39 is 17.3 Å².